The Hall–Kier alpha value is -3.63. The van der Waals surface area contributed by atoms with Gasteiger partial charge in [-0.15, -0.1) is 10.2 Å². The summed E-state index contributed by atoms with van der Waals surface area (Å²) in [6, 6.07) is 22.8. The number of sulfonamides is 1. The van der Waals surface area contributed by atoms with Gasteiger partial charge in [-0.3, -0.25) is 9.52 Å². The fraction of sp³-hybridized carbons (Fsp3) is 0.160. The zero-order valence-corrected chi connectivity index (χ0v) is 20.4. The summed E-state index contributed by atoms with van der Waals surface area (Å²) >= 11 is 1.19. The predicted octanol–water partition coefficient (Wildman–Crippen LogP) is 4.61. The number of amides is 1. The molecule has 2 heterocycles. The standard InChI is InChI=1S/C25H22N4O4S2/c1-17-15-19-7-5-6-10-22(19)29(17)23(30)16-34-25-27-26-24(33-25)18-11-13-20(14-12-18)28-35(31,32)21-8-3-2-4-9-21/h2-14,17,28H,15-16H2,1H3. The molecule has 1 N–H and O–H groups in total. The van der Waals surface area contributed by atoms with Crippen LogP contribution in [0.3, 0.4) is 0 Å². The van der Waals surface area contributed by atoms with Crippen LogP contribution in [0, 0.1) is 0 Å². The third-order valence-electron chi connectivity index (χ3n) is 5.64. The predicted molar refractivity (Wildman–Crippen MR) is 135 cm³/mol. The number of rotatable bonds is 7. The van der Waals surface area contributed by atoms with Gasteiger partial charge in [-0.25, -0.2) is 8.42 Å². The van der Waals surface area contributed by atoms with Crippen LogP contribution >= 0.6 is 11.8 Å². The number of para-hydroxylation sites is 1. The van der Waals surface area contributed by atoms with Crippen LogP contribution in [0.25, 0.3) is 11.5 Å². The van der Waals surface area contributed by atoms with Gasteiger partial charge < -0.3 is 9.32 Å². The Morgan fingerprint density at radius 2 is 1.74 bits per heavy atom. The molecule has 0 radical (unpaired) electrons. The minimum absolute atomic E-state index is 0.0118. The maximum atomic E-state index is 12.9. The molecule has 1 aromatic heterocycles. The molecule has 10 heteroatoms. The van der Waals surface area contributed by atoms with E-state index in [2.05, 4.69) is 21.0 Å². The Bertz CT molecular complexity index is 1450. The first-order chi connectivity index (χ1) is 16.9. The number of hydrogen-bond donors (Lipinski definition) is 1. The Morgan fingerprint density at radius 1 is 1.03 bits per heavy atom. The molecule has 1 aliphatic rings. The van der Waals surface area contributed by atoms with E-state index in [0.717, 1.165) is 12.1 Å². The van der Waals surface area contributed by atoms with Gasteiger partial charge in [0.1, 0.15) is 0 Å². The molecular formula is C25H22N4O4S2. The Labute approximate surface area is 207 Å². The minimum Gasteiger partial charge on any atom is -0.411 e. The van der Waals surface area contributed by atoms with Crippen LogP contribution in [0.2, 0.25) is 0 Å². The Morgan fingerprint density at radius 3 is 2.51 bits per heavy atom. The molecular weight excluding hydrogens is 484 g/mol. The van der Waals surface area contributed by atoms with Gasteiger partial charge in [0.05, 0.1) is 10.6 Å². The normalized spacial score (nSPS) is 15.1. The molecule has 178 valence electrons. The lowest BCUT2D eigenvalue weighted by atomic mass is 10.1. The van der Waals surface area contributed by atoms with Crippen LogP contribution in [-0.2, 0) is 21.2 Å². The summed E-state index contributed by atoms with van der Waals surface area (Å²) in [5.74, 6) is 0.458. The summed E-state index contributed by atoms with van der Waals surface area (Å²) in [4.78, 5) is 14.9. The molecule has 0 saturated heterocycles. The van der Waals surface area contributed by atoms with Crippen LogP contribution in [0.4, 0.5) is 11.4 Å². The first-order valence-corrected chi connectivity index (χ1v) is 13.4. The van der Waals surface area contributed by atoms with E-state index in [4.69, 9.17) is 4.42 Å². The van der Waals surface area contributed by atoms with Crippen LogP contribution in [0.15, 0.2) is 93.4 Å². The molecule has 8 nitrogen and oxygen atoms in total. The van der Waals surface area contributed by atoms with Crippen molar-refractivity contribution in [1.82, 2.24) is 10.2 Å². The molecule has 5 rings (SSSR count). The second kappa shape index (κ2) is 9.55. The average Bonchev–Trinajstić information content (AvgIpc) is 3.47. The lowest BCUT2D eigenvalue weighted by Gasteiger charge is -2.22. The number of nitrogens with zero attached hydrogens (tertiary/aromatic N) is 3. The molecule has 1 atom stereocenters. The van der Waals surface area contributed by atoms with E-state index in [1.807, 2.05) is 30.0 Å². The number of benzene rings is 3. The zero-order valence-electron chi connectivity index (χ0n) is 18.8. The molecule has 1 amide bonds. The highest BCUT2D eigenvalue weighted by Crippen LogP contribution is 2.33. The van der Waals surface area contributed by atoms with Gasteiger partial charge in [-0.05, 0) is 61.4 Å². The van der Waals surface area contributed by atoms with Crippen molar-refractivity contribution in [3.05, 3.63) is 84.4 Å². The number of anilines is 2. The molecule has 0 aliphatic carbocycles. The monoisotopic (exact) mass is 506 g/mol. The third kappa shape index (κ3) is 4.94. The molecule has 0 saturated carbocycles. The summed E-state index contributed by atoms with van der Waals surface area (Å²) in [5, 5.41) is 8.40. The SMILES string of the molecule is CC1Cc2ccccc2N1C(=O)CSc1nnc(-c2ccc(NS(=O)(=O)c3ccccc3)cc2)o1. The van der Waals surface area contributed by atoms with Gasteiger partial charge >= 0.3 is 0 Å². The summed E-state index contributed by atoms with van der Waals surface area (Å²) in [6.07, 6.45) is 0.842. The lowest BCUT2D eigenvalue weighted by molar-refractivity contribution is -0.116. The molecule has 35 heavy (non-hydrogen) atoms. The first kappa shape index (κ1) is 23.1. The molecule has 3 aromatic carbocycles. The van der Waals surface area contributed by atoms with Crippen molar-refractivity contribution in [2.24, 2.45) is 0 Å². The molecule has 1 aliphatic heterocycles. The van der Waals surface area contributed by atoms with E-state index in [1.54, 1.807) is 42.5 Å². The van der Waals surface area contributed by atoms with Crippen molar-refractivity contribution in [1.29, 1.82) is 0 Å². The van der Waals surface area contributed by atoms with Gasteiger partial charge in [-0.1, -0.05) is 48.2 Å². The number of hydrogen-bond acceptors (Lipinski definition) is 7. The van der Waals surface area contributed by atoms with Crippen molar-refractivity contribution in [3.63, 3.8) is 0 Å². The van der Waals surface area contributed by atoms with Crippen LogP contribution in [0.5, 0.6) is 0 Å². The van der Waals surface area contributed by atoms with Gasteiger partial charge in [0.25, 0.3) is 15.2 Å². The zero-order chi connectivity index (χ0) is 24.4. The topological polar surface area (TPSA) is 105 Å². The number of carbonyl (C=O) groups is 1. The van der Waals surface area contributed by atoms with Gasteiger partial charge in [0.2, 0.25) is 11.8 Å². The fourth-order valence-corrected chi connectivity index (χ4v) is 5.72. The first-order valence-electron chi connectivity index (χ1n) is 11.0. The summed E-state index contributed by atoms with van der Waals surface area (Å²) < 4.78 is 33.2. The van der Waals surface area contributed by atoms with E-state index in [0.29, 0.717) is 16.5 Å². The maximum Gasteiger partial charge on any atom is 0.277 e. The molecule has 1 unspecified atom stereocenters. The highest BCUT2D eigenvalue weighted by Gasteiger charge is 2.30. The van der Waals surface area contributed by atoms with E-state index >= 15 is 0 Å². The van der Waals surface area contributed by atoms with Crippen LogP contribution < -0.4 is 9.62 Å². The average molecular weight is 507 g/mol. The smallest absolute Gasteiger partial charge is 0.277 e. The maximum absolute atomic E-state index is 12.9. The molecule has 0 bridgehead atoms. The number of nitrogens with one attached hydrogen (secondary N) is 1. The van der Waals surface area contributed by atoms with Crippen molar-refractivity contribution in [3.8, 4) is 11.5 Å². The number of aromatic nitrogens is 2. The summed E-state index contributed by atoms with van der Waals surface area (Å²) in [5.41, 5.74) is 3.19. The highest BCUT2D eigenvalue weighted by molar-refractivity contribution is 7.99. The van der Waals surface area contributed by atoms with Gasteiger partial charge in [0.15, 0.2) is 0 Å². The third-order valence-corrected chi connectivity index (χ3v) is 7.84. The number of thioether (sulfide) groups is 1. The lowest BCUT2D eigenvalue weighted by Crippen LogP contribution is -2.36. The Kier molecular flexibility index (Phi) is 6.31. The molecule has 0 fully saturated rings. The largest absolute Gasteiger partial charge is 0.411 e. The van der Waals surface area contributed by atoms with Crippen molar-refractivity contribution >= 4 is 39.1 Å². The van der Waals surface area contributed by atoms with E-state index in [1.165, 1.54) is 29.5 Å². The van der Waals surface area contributed by atoms with E-state index < -0.39 is 10.0 Å². The second-order valence-electron chi connectivity index (χ2n) is 8.10. The fourth-order valence-electron chi connectivity index (χ4n) is 4.02. The van der Waals surface area contributed by atoms with Crippen molar-refractivity contribution in [2.45, 2.75) is 29.5 Å². The molecule has 0 spiro atoms. The van der Waals surface area contributed by atoms with Crippen molar-refractivity contribution < 1.29 is 17.6 Å². The highest BCUT2D eigenvalue weighted by atomic mass is 32.2. The Balaban J connectivity index is 1.22. The molecule has 4 aromatic rings. The minimum atomic E-state index is -3.67. The van der Waals surface area contributed by atoms with Gasteiger partial charge in [0, 0.05) is 23.0 Å². The number of fused-ring (bicyclic) bond motifs is 1. The van der Waals surface area contributed by atoms with Crippen molar-refractivity contribution in [2.75, 3.05) is 15.4 Å². The van der Waals surface area contributed by atoms with E-state index in [9.17, 15) is 13.2 Å². The van der Waals surface area contributed by atoms with Crippen LogP contribution in [0.1, 0.15) is 12.5 Å². The summed E-state index contributed by atoms with van der Waals surface area (Å²) in [6.45, 7) is 2.04. The van der Waals surface area contributed by atoms with E-state index in [-0.39, 0.29) is 28.5 Å². The summed E-state index contributed by atoms with van der Waals surface area (Å²) in [7, 11) is -3.67. The number of carbonyl (C=O) groups excluding carboxylic acids is 1. The van der Waals surface area contributed by atoms with Gasteiger partial charge in [-0.2, -0.15) is 0 Å². The second-order valence-corrected chi connectivity index (χ2v) is 10.7. The quantitative estimate of drug-likeness (QED) is 0.365. The van der Waals surface area contributed by atoms with Crippen LogP contribution in [-0.4, -0.2) is 36.3 Å².